The van der Waals surface area contributed by atoms with Crippen LogP contribution in [-0.4, -0.2) is 20.0 Å². The van der Waals surface area contributed by atoms with E-state index in [0.29, 0.717) is 17.4 Å². The molecule has 1 N–H and O–H groups in total. The molecule has 0 aliphatic heterocycles. The second-order valence-electron chi connectivity index (χ2n) is 9.44. The van der Waals surface area contributed by atoms with Gasteiger partial charge in [-0.3, -0.25) is 4.98 Å². The molecule has 0 saturated heterocycles. The summed E-state index contributed by atoms with van der Waals surface area (Å²) in [5.74, 6) is 0.294. The molecule has 1 aromatic heterocycles. The predicted octanol–water partition coefficient (Wildman–Crippen LogP) is 5.23. The third-order valence-electron chi connectivity index (χ3n) is 6.41. The topological polar surface area (TPSA) is 42.0 Å². The van der Waals surface area contributed by atoms with Gasteiger partial charge in [0.05, 0.1) is 21.2 Å². The molecule has 4 rings (SSSR count). The second-order valence-corrected chi connectivity index (χ2v) is 11.4. The number of halogens is 1. The van der Waals surface area contributed by atoms with Crippen molar-refractivity contribution in [3.63, 3.8) is 0 Å². The number of nitrogens with zero attached hydrogens (tertiary/aromatic N) is 1. The monoisotopic (exact) mass is 388 g/mol. The Morgan fingerprint density at radius 2 is 1.89 bits per heavy atom. The highest BCUT2D eigenvalue weighted by Gasteiger charge is 2.47. The molecule has 146 valence electrons. The molecule has 1 aromatic carbocycles. The molecule has 2 aromatic rings. The first-order chi connectivity index (χ1) is 12.8. The maximum atomic E-state index is 13.7. The van der Waals surface area contributed by atoms with Crippen molar-refractivity contribution in [3.8, 4) is 0 Å². The van der Waals surface area contributed by atoms with Gasteiger partial charge in [0.1, 0.15) is 5.82 Å². The second kappa shape index (κ2) is 6.93. The van der Waals surface area contributed by atoms with Gasteiger partial charge in [0.2, 0.25) is 0 Å². The number of pyridine rings is 1. The third kappa shape index (κ3) is 3.81. The van der Waals surface area contributed by atoms with Crippen LogP contribution in [0.25, 0.3) is 10.9 Å². The van der Waals surface area contributed by atoms with Gasteiger partial charge < -0.3 is 0 Å². The molecular weight excluding hydrogens is 359 g/mol. The van der Waals surface area contributed by atoms with Crippen molar-refractivity contribution in [1.29, 1.82) is 0 Å². The smallest absolute Gasteiger partial charge is 0.123 e. The first-order valence-electron chi connectivity index (χ1n) is 9.98. The molecular formula is C22H29FN2OS. The number of rotatable bonds is 3. The van der Waals surface area contributed by atoms with Crippen LogP contribution in [0.2, 0.25) is 0 Å². The molecule has 0 amide bonds. The van der Waals surface area contributed by atoms with E-state index in [2.05, 4.69) is 15.8 Å². The van der Waals surface area contributed by atoms with Crippen molar-refractivity contribution in [3.05, 3.63) is 41.8 Å². The van der Waals surface area contributed by atoms with Crippen molar-refractivity contribution in [1.82, 2.24) is 9.71 Å². The van der Waals surface area contributed by atoms with Crippen LogP contribution in [0.1, 0.15) is 70.8 Å². The summed E-state index contributed by atoms with van der Waals surface area (Å²) < 4.78 is 29.1. The average Bonchev–Trinajstić information content (AvgIpc) is 2.59. The van der Waals surface area contributed by atoms with Gasteiger partial charge in [-0.25, -0.2) is 13.3 Å². The number of aromatic nitrogens is 1. The van der Waals surface area contributed by atoms with Crippen molar-refractivity contribution < 1.29 is 8.60 Å². The number of hydrogen-bond donors (Lipinski definition) is 1. The van der Waals surface area contributed by atoms with E-state index in [4.69, 9.17) is 0 Å². The van der Waals surface area contributed by atoms with E-state index >= 15 is 0 Å². The lowest BCUT2D eigenvalue weighted by Gasteiger charge is -2.52. The fraction of sp³-hybridized carbons (Fsp3) is 0.591. The lowest BCUT2D eigenvalue weighted by Crippen LogP contribution is -2.52. The summed E-state index contributed by atoms with van der Waals surface area (Å²) in [6.07, 6.45) is 8.81. The van der Waals surface area contributed by atoms with Gasteiger partial charge in [0.15, 0.2) is 0 Å². The Bertz CT molecular complexity index is 860. The van der Waals surface area contributed by atoms with Crippen LogP contribution in [0.3, 0.4) is 0 Å². The third-order valence-corrected chi connectivity index (χ3v) is 8.07. The van der Waals surface area contributed by atoms with E-state index in [1.807, 2.05) is 27.0 Å². The van der Waals surface area contributed by atoms with Gasteiger partial charge in [-0.2, -0.15) is 0 Å². The van der Waals surface area contributed by atoms with Gasteiger partial charge in [-0.15, -0.1) is 0 Å². The van der Waals surface area contributed by atoms with E-state index in [1.54, 1.807) is 12.1 Å². The highest BCUT2D eigenvalue weighted by atomic mass is 32.2. The Hall–Kier alpha value is -1.33. The molecule has 27 heavy (non-hydrogen) atoms. The molecule has 0 unspecified atom stereocenters. The minimum absolute atomic E-state index is 0.191. The zero-order valence-corrected chi connectivity index (χ0v) is 17.2. The minimum atomic E-state index is -0.984. The number of hydrogen-bond acceptors (Lipinski definition) is 2. The summed E-state index contributed by atoms with van der Waals surface area (Å²) in [6, 6.07) is 7.35. The molecule has 0 radical (unpaired) electrons. The lowest BCUT2D eigenvalue weighted by atomic mass is 9.56. The van der Waals surface area contributed by atoms with E-state index < -0.39 is 11.0 Å². The standard InChI is InChI=1S/C22H29FN2OS/c1-21(2,3)27(26)25-17-13-22(14-17)9-6-15(7-10-22)18-8-11-24-20-5-4-16(23)12-19(18)20/h4-5,8,11-12,15,17,25H,6-7,9-10,13-14H2,1-3H3/t15?,17?,22?,27-/m0/s1. The summed E-state index contributed by atoms with van der Waals surface area (Å²) in [6.45, 7) is 6.03. The minimum Gasteiger partial charge on any atom is -0.256 e. The Morgan fingerprint density at radius 3 is 2.56 bits per heavy atom. The zero-order chi connectivity index (χ0) is 19.2. The van der Waals surface area contributed by atoms with Gasteiger partial charge in [-0.1, -0.05) is 0 Å². The first-order valence-corrected chi connectivity index (χ1v) is 11.1. The molecule has 2 saturated carbocycles. The molecule has 1 atom stereocenters. The van der Waals surface area contributed by atoms with E-state index in [1.165, 1.54) is 24.5 Å². The molecule has 2 aliphatic rings. The zero-order valence-electron chi connectivity index (χ0n) is 16.4. The van der Waals surface area contributed by atoms with Crippen molar-refractivity contribution in [2.75, 3.05) is 0 Å². The summed E-state index contributed by atoms with van der Waals surface area (Å²) in [7, 11) is -0.984. The quantitative estimate of drug-likeness (QED) is 0.782. The van der Waals surface area contributed by atoms with E-state index in [-0.39, 0.29) is 10.6 Å². The van der Waals surface area contributed by atoms with Crippen LogP contribution >= 0.6 is 0 Å². The molecule has 0 bridgehead atoms. The van der Waals surface area contributed by atoms with Gasteiger partial charge in [0.25, 0.3) is 0 Å². The van der Waals surface area contributed by atoms with Crippen molar-refractivity contribution >= 4 is 21.9 Å². The average molecular weight is 389 g/mol. The maximum absolute atomic E-state index is 13.7. The van der Waals surface area contributed by atoms with Crippen molar-refractivity contribution in [2.45, 2.75) is 76.0 Å². The summed E-state index contributed by atoms with van der Waals surface area (Å²) in [5.41, 5.74) is 2.55. The van der Waals surface area contributed by atoms with Crippen molar-refractivity contribution in [2.24, 2.45) is 5.41 Å². The fourth-order valence-electron chi connectivity index (χ4n) is 4.84. The van der Waals surface area contributed by atoms with Gasteiger partial charge in [0, 0.05) is 17.6 Å². The van der Waals surface area contributed by atoms with E-state index in [9.17, 15) is 8.60 Å². The molecule has 3 nitrogen and oxygen atoms in total. The lowest BCUT2D eigenvalue weighted by molar-refractivity contribution is 0.0423. The Labute approximate surface area is 163 Å². The SMILES string of the molecule is CC(C)(C)[S@](=O)NC1CC2(CCC(c3ccnc4ccc(F)cc34)CC2)C1. The summed E-state index contributed by atoms with van der Waals surface area (Å²) in [5, 5.41) is 0.965. The Morgan fingerprint density at radius 1 is 1.19 bits per heavy atom. The summed E-state index contributed by atoms with van der Waals surface area (Å²) >= 11 is 0. The summed E-state index contributed by atoms with van der Waals surface area (Å²) in [4.78, 5) is 4.39. The van der Waals surface area contributed by atoms with Crippen LogP contribution in [0, 0.1) is 11.2 Å². The predicted molar refractivity (Wildman–Crippen MR) is 109 cm³/mol. The van der Waals surface area contributed by atoms with Crippen LogP contribution in [-0.2, 0) is 11.0 Å². The highest BCUT2D eigenvalue weighted by Crippen LogP contribution is 2.55. The van der Waals surface area contributed by atoms with E-state index in [0.717, 1.165) is 36.6 Å². The molecule has 2 fully saturated rings. The van der Waals surface area contributed by atoms with Crippen LogP contribution in [0.5, 0.6) is 0 Å². The fourth-order valence-corrected chi connectivity index (χ4v) is 5.67. The highest BCUT2D eigenvalue weighted by molar-refractivity contribution is 7.84. The number of benzene rings is 1. The Kier molecular flexibility index (Phi) is 4.88. The normalized spacial score (nSPS) is 29.6. The maximum Gasteiger partial charge on any atom is 0.123 e. The van der Waals surface area contributed by atoms with Crippen LogP contribution in [0.15, 0.2) is 30.5 Å². The van der Waals surface area contributed by atoms with Crippen LogP contribution < -0.4 is 4.72 Å². The number of nitrogens with one attached hydrogen (secondary N) is 1. The van der Waals surface area contributed by atoms with Gasteiger partial charge in [-0.05, 0) is 100 Å². The van der Waals surface area contributed by atoms with Gasteiger partial charge >= 0.3 is 0 Å². The molecule has 1 heterocycles. The molecule has 2 aliphatic carbocycles. The molecule has 5 heteroatoms. The molecule has 1 spiro atoms. The first kappa shape index (κ1) is 19.0. The largest absolute Gasteiger partial charge is 0.256 e. The van der Waals surface area contributed by atoms with Crippen LogP contribution in [0.4, 0.5) is 4.39 Å². The Balaban J connectivity index is 1.40. The number of fused-ring (bicyclic) bond motifs is 1.